The quantitative estimate of drug-likeness (QED) is 0.0358. The van der Waals surface area contributed by atoms with Crippen LogP contribution in [0.5, 0.6) is 0 Å². The molecule has 12 amide bonds. The van der Waals surface area contributed by atoms with Gasteiger partial charge in [0.05, 0.1) is 19.2 Å². The summed E-state index contributed by atoms with van der Waals surface area (Å²) in [5, 5.41) is 49.3. The van der Waals surface area contributed by atoms with Crippen LogP contribution in [0, 0.1) is 23.7 Å². The van der Waals surface area contributed by atoms with E-state index in [0.29, 0.717) is 5.56 Å². The van der Waals surface area contributed by atoms with Crippen molar-refractivity contribution in [2.75, 3.05) is 13.1 Å². The van der Waals surface area contributed by atoms with E-state index in [1.165, 1.54) is 31.8 Å². The Morgan fingerprint density at radius 2 is 1.28 bits per heavy atom. The number of imidazole rings is 1. The Labute approximate surface area is 571 Å². The lowest BCUT2D eigenvalue weighted by molar-refractivity contribution is -0.142. The van der Waals surface area contributed by atoms with Crippen molar-refractivity contribution in [3.8, 4) is 0 Å². The minimum Gasteiger partial charge on any atom is -0.481 e. The van der Waals surface area contributed by atoms with Gasteiger partial charge in [0.25, 0.3) is 5.91 Å². The van der Waals surface area contributed by atoms with Gasteiger partial charge in [-0.05, 0) is 74.8 Å². The number of carbonyl (C=O) groups excluding carboxylic acids is 13. The molecule has 1 aliphatic heterocycles. The first-order chi connectivity index (χ1) is 46.3. The van der Waals surface area contributed by atoms with Crippen molar-refractivity contribution in [3.05, 3.63) is 70.2 Å². The molecule has 0 spiro atoms. The summed E-state index contributed by atoms with van der Waals surface area (Å²) in [7, 11) is 0. The first-order valence-electron chi connectivity index (χ1n) is 32.6. The van der Waals surface area contributed by atoms with Crippen LogP contribution in [0.15, 0.2) is 48.2 Å². The normalized spacial score (nSPS) is 20.9. The third-order valence-corrected chi connectivity index (χ3v) is 16.7. The van der Waals surface area contributed by atoms with Crippen molar-refractivity contribution in [1.29, 1.82) is 0 Å². The number of carbonyl (C=O) groups is 15. The Morgan fingerprint density at radius 3 is 1.86 bits per heavy atom. The Morgan fingerprint density at radius 1 is 0.673 bits per heavy atom. The van der Waals surface area contributed by atoms with Gasteiger partial charge in [-0.3, -0.25) is 71.9 Å². The summed E-state index contributed by atoms with van der Waals surface area (Å²) in [6.07, 6.45) is -0.894. The molecule has 33 nitrogen and oxygen atoms in total. The molecular weight excluding hydrogens is 1300 g/mol. The fraction of sp³-hybridized carbons (Fsp3) is 0.578. The van der Waals surface area contributed by atoms with Crippen molar-refractivity contribution < 1.29 is 82.1 Å². The summed E-state index contributed by atoms with van der Waals surface area (Å²) in [5.74, 6) is -17.1. The maximum absolute atomic E-state index is 14.8. The van der Waals surface area contributed by atoms with E-state index in [1.807, 2.05) is 0 Å². The van der Waals surface area contributed by atoms with Gasteiger partial charge in [-0.15, -0.1) is 11.3 Å². The van der Waals surface area contributed by atoms with Crippen LogP contribution >= 0.6 is 11.3 Å². The maximum atomic E-state index is 14.8. The fourth-order valence-corrected chi connectivity index (χ4v) is 11.1. The molecule has 1 aromatic carbocycles. The molecule has 538 valence electrons. The molecular formula is C64H94N16O17S. The maximum Gasteiger partial charge on any atom is 0.305 e. The number of carboxylic acid groups (broad SMARTS) is 2. The number of aromatic amines is 1. The molecule has 1 saturated heterocycles. The average Bonchev–Trinajstić information content (AvgIpc) is 1.25. The number of aliphatic carboxylic acids is 2. The minimum absolute atomic E-state index is 0.00793. The molecule has 2 aromatic heterocycles. The van der Waals surface area contributed by atoms with Crippen LogP contribution in [0.2, 0.25) is 0 Å². The molecule has 0 saturated carbocycles. The van der Waals surface area contributed by atoms with Crippen molar-refractivity contribution in [2.24, 2.45) is 35.1 Å². The van der Waals surface area contributed by atoms with Gasteiger partial charge in [-0.1, -0.05) is 92.1 Å². The van der Waals surface area contributed by atoms with Crippen LogP contribution in [0.3, 0.4) is 0 Å². The van der Waals surface area contributed by atoms with Gasteiger partial charge in [0.15, 0.2) is 10.8 Å². The number of primary amides is 1. The second kappa shape index (κ2) is 40.1. The lowest BCUT2D eigenvalue weighted by Gasteiger charge is -2.30. The number of carboxylic acids is 2. The summed E-state index contributed by atoms with van der Waals surface area (Å²) < 4.78 is 0. The first kappa shape index (κ1) is 80.7. The highest BCUT2D eigenvalue weighted by Gasteiger charge is 2.39. The number of ketones is 1. The number of nitrogens with two attached hydrogens (primary N) is 2. The minimum atomic E-state index is -1.95. The zero-order valence-corrected chi connectivity index (χ0v) is 57.1. The highest BCUT2D eigenvalue weighted by atomic mass is 32.1. The van der Waals surface area contributed by atoms with Crippen molar-refractivity contribution in [2.45, 2.75) is 199 Å². The van der Waals surface area contributed by atoms with Gasteiger partial charge in [-0.25, -0.2) is 9.97 Å². The van der Waals surface area contributed by atoms with Gasteiger partial charge < -0.3 is 85.1 Å². The molecule has 98 heavy (non-hydrogen) atoms. The van der Waals surface area contributed by atoms with Gasteiger partial charge in [-0.2, -0.15) is 0 Å². The number of thiazole rings is 1. The summed E-state index contributed by atoms with van der Waals surface area (Å²) in [6.45, 7) is 13.1. The Balaban J connectivity index is 1.76. The van der Waals surface area contributed by atoms with Gasteiger partial charge in [0.2, 0.25) is 65.0 Å². The summed E-state index contributed by atoms with van der Waals surface area (Å²) in [6, 6.07) is -7.34. The smallest absolute Gasteiger partial charge is 0.305 e. The van der Waals surface area contributed by atoms with Gasteiger partial charge in [0, 0.05) is 49.0 Å². The molecule has 34 heteroatoms. The Bertz CT molecular complexity index is 3270. The first-order valence-corrected chi connectivity index (χ1v) is 33.4. The zero-order valence-electron chi connectivity index (χ0n) is 56.3. The molecule has 3 heterocycles. The number of hydrogen-bond acceptors (Lipinski definition) is 19. The number of nitrogens with zero attached hydrogens (tertiary/aromatic N) is 2. The number of Topliss-reactive ketones (excluding diaryl/α,β-unsaturated/α-hetero) is 1. The molecule has 1 fully saturated rings. The predicted molar refractivity (Wildman–Crippen MR) is 354 cm³/mol. The second-order valence-corrected chi connectivity index (χ2v) is 26.0. The van der Waals surface area contributed by atoms with Crippen molar-refractivity contribution >= 4 is 99.9 Å². The number of benzene rings is 1. The van der Waals surface area contributed by atoms with Crippen LogP contribution < -0.4 is 70.0 Å². The Kier molecular flexibility index (Phi) is 33.0. The average molecular weight is 1390 g/mol. The number of rotatable bonds is 29. The van der Waals surface area contributed by atoms with E-state index in [-0.39, 0.29) is 99.0 Å². The molecule has 3 aromatic rings. The topological polar surface area (TPSA) is 522 Å². The second-order valence-electron chi connectivity index (χ2n) is 25.1. The molecule has 0 aliphatic carbocycles. The summed E-state index contributed by atoms with van der Waals surface area (Å²) >= 11 is 0.944. The number of amides is 12. The van der Waals surface area contributed by atoms with Crippen LogP contribution in [0.25, 0.3) is 0 Å². The summed E-state index contributed by atoms with van der Waals surface area (Å²) in [5.41, 5.74) is 12.1. The number of aromatic nitrogens is 3. The molecule has 0 unspecified atom stereocenters. The monoisotopic (exact) mass is 1390 g/mol. The van der Waals surface area contributed by atoms with E-state index in [1.54, 1.807) is 71.9 Å². The SMILES string of the molecule is CC[C@H](C)[C@@H]1NC(=O)[C@@H](CCCN)NC(=O)[C@@H](NC(=O)[C@@H](NC(=O)[C@@H](CCC(=O)O)NC(=O)[C@H](CC(C)C)NC(=O)c2csc(C(=O)C(C)C)n2)C(C)C)CCCCNC(=O)[C@H](CC(N)=O)NC(=O)[C@@H](CC(=O)O)NC(=O)[C@H](Cc2cnc[nH]2)NC(=O)[C@@H](Cc2ccccc2)NC1=O. The van der Waals surface area contributed by atoms with Crippen LogP contribution in [0.1, 0.15) is 158 Å². The fourth-order valence-electron chi connectivity index (χ4n) is 10.2. The third kappa shape index (κ3) is 26.7. The van der Waals surface area contributed by atoms with Gasteiger partial charge >= 0.3 is 11.9 Å². The number of hydrogen-bond donors (Lipinski definition) is 16. The molecule has 18 N–H and O–H groups in total. The molecule has 0 radical (unpaired) electrons. The van der Waals surface area contributed by atoms with Crippen molar-refractivity contribution in [3.63, 3.8) is 0 Å². The zero-order chi connectivity index (χ0) is 72.9. The number of nitrogens with one attached hydrogen (secondary N) is 12. The highest BCUT2D eigenvalue weighted by molar-refractivity contribution is 7.12. The standard InChI is InChI=1S/C64H94N16O17S/c1-9-35(8)51-63(97)77-42(25-36-16-11-10-12-17-36)58(92)74-43(26-37-29-67-31-69-37)59(93)76-45(28-49(84)85)60(94)75-44(27-47(66)81)53(87)68-23-14-13-18-38(54(88)70-39(19-15-22-65)55(89)80-51)72-62(96)50(33(4)5)79-56(90)40(20-21-48(82)83)71-57(91)41(24-32(2)3)73-61(95)46-30-98-64(78-46)52(86)34(6)7/h10-12,16-17,29-35,38-45,50-51H,9,13-15,18-28,65H2,1-8H3,(H2,66,81)(H,67,69)(H,68,87)(H,70,88)(H,71,91)(H,72,96)(H,73,95)(H,74,92)(H,75,94)(H,76,93)(H,77,97)(H,79,90)(H,80,89)(H,82,83)(H,84,85)/t35-,38-,39+,40+,41-,42+,43-,44-,45+,50-,51-/m0/s1. The molecule has 1 aliphatic rings. The summed E-state index contributed by atoms with van der Waals surface area (Å²) in [4.78, 5) is 218. The van der Waals surface area contributed by atoms with Crippen LogP contribution in [0.4, 0.5) is 0 Å². The van der Waals surface area contributed by atoms with Crippen molar-refractivity contribution in [1.82, 2.24) is 73.4 Å². The largest absolute Gasteiger partial charge is 0.481 e. The Hall–Kier alpha value is -9.73. The molecule has 11 atom stereocenters. The number of H-pyrrole nitrogens is 1. The lowest BCUT2D eigenvalue weighted by Crippen LogP contribution is -2.62. The highest BCUT2D eigenvalue weighted by Crippen LogP contribution is 2.18. The van der Waals surface area contributed by atoms with E-state index < -0.39 is 187 Å². The molecule has 4 rings (SSSR count). The molecule has 0 bridgehead atoms. The van der Waals surface area contributed by atoms with E-state index in [0.717, 1.165) is 11.3 Å². The van der Waals surface area contributed by atoms with Crippen LogP contribution in [-0.2, 0) is 75.2 Å². The van der Waals surface area contributed by atoms with Crippen LogP contribution in [-0.4, -0.2) is 187 Å². The lowest BCUT2D eigenvalue weighted by atomic mass is 9.96. The van der Waals surface area contributed by atoms with Gasteiger partial charge in [0.1, 0.15) is 66.1 Å². The third-order valence-electron chi connectivity index (χ3n) is 15.9. The van der Waals surface area contributed by atoms with E-state index >= 15 is 0 Å². The van der Waals surface area contributed by atoms with E-state index in [4.69, 9.17) is 11.5 Å². The van der Waals surface area contributed by atoms with E-state index in [2.05, 4.69) is 73.4 Å². The predicted octanol–water partition coefficient (Wildman–Crippen LogP) is -1.35. The van der Waals surface area contributed by atoms with E-state index in [9.17, 15) is 82.1 Å².